The van der Waals surface area contributed by atoms with Gasteiger partial charge in [0.05, 0.1) is 18.5 Å². The van der Waals surface area contributed by atoms with Crippen molar-refractivity contribution in [3.63, 3.8) is 0 Å². The van der Waals surface area contributed by atoms with E-state index in [1.54, 1.807) is 30.4 Å². The molecule has 2 rings (SSSR count). The molecule has 1 heterocycles. The van der Waals surface area contributed by atoms with Gasteiger partial charge in [0.2, 0.25) is 11.9 Å². The first-order chi connectivity index (χ1) is 9.51. The molecule has 1 saturated carbocycles. The van der Waals surface area contributed by atoms with E-state index >= 15 is 0 Å². The van der Waals surface area contributed by atoms with Crippen LogP contribution in [0.25, 0.3) is 0 Å². The summed E-state index contributed by atoms with van der Waals surface area (Å²) in [4.78, 5) is 32.6. The Morgan fingerprint density at radius 1 is 1.40 bits per heavy atom. The number of hydrogen-bond donors (Lipinski definition) is 2. The minimum atomic E-state index is -0.884. The largest absolute Gasteiger partial charge is 0.481 e. The van der Waals surface area contributed by atoms with Gasteiger partial charge in [-0.05, 0) is 25.3 Å². The fraction of sp³-hybridized carbons (Fsp3) is 0.538. The van der Waals surface area contributed by atoms with Crippen LogP contribution in [0.5, 0.6) is 0 Å². The van der Waals surface area contributed by atoms with Crippen LogP contribution in [0.3, 0.4) is 0 Å². The van der Waals surface area contributed by atoms with Gasteiger partial charge in [0.25, 0.3) is 0 Å². The van der Waals surface area contributed by atoms with E-state index in [9.17, 15) is 9.59 Å². The first-order valence-corrected chi connectivity index (χ1v) is 6.52. The van der Waals surface area contributed by atoms with Crippen molar-refractivity contribution < 1.29 is 14.7 Å². The van der Waals surface area contributed by atoms with E-state index in [0.717, 1.165) is 19.3 Å². The Balaban J connectivity index is 1.90. The highest BCUT2D eigenvalue weighted by Crippen LogP contribution is 2.34. The number of anilines is 1. The van der Waals surface area contributed by atoms with Gasteiger partial charge in [-0.15, -0.1) is 0 Å². The molecule has 0 aliphatic heterocycles. The lowest BCUT2D eigenvalue weighted by molar-refractivity contribution is -0.140. The average molecular weight is 278 g/mol. The highest BCUT2D eigenvalue weighted by molar-refractivity contribution is 5.82. The Hall–Kier alpha value is -2.18. The number of nitrogens with zero attached hydrogens (tertiary/aromatic N) is 3. The molecule has 108 valence electrons. The second-order valence-corrected chi connectivity index (χ2v) is 5.16. The van der Waals surface area contributed by atoms with E-state index in [1.807, 2.05) is 0 Å². The molecule has 1 aromatic heterocycles. The Labute approximate surface area is 117 Å². The van der Waals surface area contributed by atoms with Crippen LogP contribution in [0.2, 0.25) is 0 Å². The molecule has 0 bridgehead atoms. The molecule has 0 atom stereocenters. The number of nitrogens with one attached hydrogen (secondary N) is 1. The lowest BCUT2D eigenvalue weighted by atomic mass is 9.74. The molecule has 1 aromatic rings. The minimum Gasteiger partial charge on any atom is -0.481 e. The number of amides is 1. The average Bonchev–Trinajstić information content (AvgIpc) is 2.36. The van der Waals surface area contributed by atoms with Gasteiger partial charge in [-0.1, -0.05) is 0 Å². The third kappa shape index (κ3) is 3.43. The molecule has 7 nitrogen and oxygen atoms in total. The van der Waals surface area contributed by atoms with E-state index in [0.29, 0.717) is 5.95 Å². The van der Waals surface area contributed by atoms with Crippen LogP contribution in [-0.2, 0) is 9.59 Å². The zero-order valence-corrected chi connectivity index (χ0v) is 11.4. The first kappa shape index (κ1) is 14.2. The van der Waals surface area contributed by atoms with Gasteiger partial charge >= 0.3 is 5.97 Å². The van der Waals surface area contributed by atoms with Crippen molar-refractivity contribution in [2.24, 2.45) is 0 Å². The van der Waals surface area contributed by atoms with Crippen LogP contribution >= 0.6 is 0 Å². The number of aliphatic carboxylic acids is 1. The van der Waals surface area contributed by atoms with Gasteiger partial charge < -0.3 is 15.3 Å². The third-order valence-corrected chi connectivity index (χ3v) is 3.48. The van der Waals surface area contributed by atoms with Crippen LogP contribution in [0.1, 0.15) is 25.7 Å². The molecule has 0 aromatic carbocycles. The van der Waals surface area contributed by atoms with Crippen molar-refractivity contribution in [3.05, 3.63) is 18.5 Å². The van der Waals surface area contributed by atoms with E-state index in [2.05, 4.69) is 15.3 Å². The molecule has 1 aliphatic carbocycles. The van der Waals surface area contributed by atoms with Crippen LogP contribution in [0, 0.1) is 0 Å². The summed E-state index contributed by atoms with van der Waals surface area (Å²) in [6.07, 6.45) is 5.58. The zero-order chi connectivity index (χ0) is 14.6. The molecule has 0 spiro atoms. The fourth-order valence-corrected chi connectivity index (χ4v) is 2.35. The molecule has 20 heavy (non-hydrogen) atoms. The Kier molecular flexibility index (Phi) is 4.16. The minimum absolute atomic E-state index is 0.0235. The summed E-state index contributed by atoms with van der Waals surface area (Å²) in [5, 5.41) is 11.8. The van der Waals surface area contributed by atoms with Crippen molar-refractivity contribution in [2.75, 3.05) is 18.5 Å². The monoisotopic (exact) mass is 278 g/mol. The number of hydrogen-bond acceptors (Lipinski definition) is 5. The van der Waals surface area contributed by atoms with Gasteiger partial charge in [-0.25, -0.2) is 9.97 Å². The summed E-state index contributed by atoms with van der Waals surface area (Å²) >= 11 is 0. The maximum absolute atomic E-state index is 12.0. The molecule has 1 amide bonds. The van der Waals surface area contributed by atoms with Crippen LogP contribution in [0.15, 0.2) is 18.5 Å². The van der Waals surface area contributed by atoms with Crippen LogP contribution < -0.4 is 10.2 Å². The van der Waals surface area contributed by atoms with Crippen molar-refractivity contribution in [2.45, 2.75) is 31.2 Å². The Bertz CT molecular complexity index is 488. The summed E-state index contributed by atoms with van der Waals surface area (Å²) in [5.41, 5.74) is -0.568. The highest BCUT2D eigenvalue weighted by atomic mass is 16.4. The van der Waals surface area contributed by atoms with Crippen molar-refractivity contribution in [3.8, 4) is 0 Å². The SMILES string of the molecule is CN(CC(=O)NC1(CC(=O)O)CCC1)c1ncccn1. The second-order valence-electron chi connectivity index (χ2n) is 5.16. The van der Waals surface area contributed by atoms with Crippen LogP contribution in [0.4, 0.5) is 5.95 Å². The molecule has 2 N–H and O–H groups in total. The quantitative estimate of drug-likeness (QED) is 0.783. The van der Waals surface area contributed by atoms with E-state index in [4.69, 9.17) is 5.11 Å². The summed E-state index contributed by atoms with van der Waals surface area (Å²) in [5.74, 6) is -0.630. The number of carbonyl (C=O) groups excluding carboxylic acids is 1. The summed E-state index contributed by atoms with van der Waals surface area (Å²) in [7, 11) is 1.72. The molecule has 7 heteroatoms. The molecule has 0 radical (unpaired) electrons. The van der Waals surface area contributed by atoms with Gasteiger partial charge in [0.15, 0.2) is 0 Å². The Morgan fingerprint density at radius 2 is 2.05 bits per heavy atom. The maximum atomic E-state index is 12.0. The van der Waals surface area contributed by atoms with E-state index < -0.39 is 11.5 Å². The molecule has 1 fully saturated rings. The predicted octanol–water partition coefficient (Wildman–Crippen LogP) is 0.426. The maximum Gasteiger partial charge on any atom is 0.305 e. The number of likely N-dealkylation sites (N-methyl/N-ethyl adjacent to an activating group) is 1. The van der Waals surface area contributed by atoms with Gasteiger partial charge in [-0.3, -0.25) is 9.59 Å². The fourth-order valence-electron chi connectivity index (χ4n) is 2.35. The number of rotatable bonds is 6. The van der Waals surface area contributed by atoms with Crippen molar-refractivity contribution >= 4 is 17.8 Å². The van der Waals surface area contributed by atoms with Crippen LogP contribution in [-0.4, -0.2) is 46.1 Å². The van der Waals surface area contributed by atoms with Crippen molar-refractivity contribution in [1.82, 2.24) is 15.3 Å². The Morgan fingerprint density at radius 3 is 2.55 bits per heavy atom. The van der Waals surface area contributed by atoms with E-state index in [1.165, 1.54) is 0 Å². The van der Waals surface area contributed by atoms with Gasteiger partial charge in [0, 0.05) is 19.4 Å². The summed E-state index contributed by atoms with van der Waals surface area (Å²) in [6.45, 7) is 0.103. The van der Waals surface area contributed by atoms with Gasteiger partial charge in [0.1, 0.15) is 0 Å². The standard InChI is InChI=1S/C13H18N4O3/c1-17(12-14-6-3-7-15-12)9-10(18)16-13(4-2-5-13)8-11(19)20/h3,6-7H,2,4-5,8-9H2,1H3,(H,16,18)(H,19,20). The van der Waals surface area contributed by atoms with E-state index in [-0.39, 0.29) is 18.9 Å². The number of carboxylic acids is 1. The summed E-state index contributed by atoms with van der Waals surface area (Å²) < 4.78 is 0. The molecule has 1 aliphatic rings. The van der Waals surface area contributed by atoms with Crippen molar-refractivity contribution in [1.29, 1.82) is 0 Å². The second kappa shape index (κ2) is 5.85. The molecule has 0 saturated heterocycles. The summed E-state index contributed by atoms with van der Waals surface area (Å²) in [6, 6.07) is 1.70. The smallest absolute Gasteiger partial charge is 0.305 e. The number of carbonyl (C=O) groups is 2. The lowest BCUT2D eigenvalue weighted by Crippen LogP contribution is -2.56. The number of aromatic nitrogens is 2. The predicted molar refractivity (Wildman–Crippen MR) is 72.3 cm³/mol. The zero-order valence-electron chi connectivity index (χ0n) is 11.4. The number of carboxylic acid groups (broad SMARTS) is 1. The first-order valence-electron chi connectivity index (χ1n) is 6.52. The highest BCUT2D eigenvalue weighted by Gasteiger charge is 2.40. The lowest BCUT2D eigenvalue weighted by Gasteiger charge is -2.41. The topological polar surface area (TPSA) is 95.4 Å². The molecular weight excluding hydrogens is 260 g/mol. The van der Waals surface area contributed by atoms with Gasteiger partial charge in [-0.2, -0.15) is 0 Å². The normalized spacial score (nSPS) is 16.1. The molecule has 0 unspecified atom stereocenters. The molecular formula is C13H18N4O3. The third-order valence-electron chi connectivity index (χ3n) is 3.48.